The van der Waals surface area contributed by atoms with E-state index in [0.717, 1.165) is 45.6 Å². The lowest BCUT2D eigenvalue weighted by Crippen LogP contribution is -2.52. The Kier molecular flexibility index (Phi) is 3.32. The molecule has 1 amide bonds. The van der Waals surface area contributed by atoms with E-state index in [0.29, 0.717) is 17.9 Å². The van der Waals surface area contributed by atoms with Crippen LogP contribution in [0, 0.1) is 11.8 Å². The monoisotopic (exact) mass is 252 g/mol. The zero-order valence-corrected chi connectivity index (χ0v) is 11.5. The van der Waals surface area contributed by atoms with Gasteiger partial charge in [-0.2, -0.15) is 0 Å². The number of carbonyl (C=O) groups is 1. The second-order valence-corrected chi connectivity index (χ2v) is 5.93. The summed E-state index contributed by atoms with van der Waals surface area (Å²) in [6.45, 7) is 9.31. The van der Waals surface area contributed by atoms with E-state index in [-0.39, 0.29) is 12.0 Å². The number of fused-ring (bicyclic) bond motifs is 2. The summed E-state index contributed by atoms with van der Waals surface area (Å²) >= 11 is 0. The lowest BCUT2D eigenvalue weighted by atomic mass is 9.79. The van der Waals surface area contributed by atoms with E-state index in [1.165, 1.54) is 0 Å². The van der Waals surface area contributed by atoms with Crippen molar-refractivity contribution in [3.63, 3.8) is 0 Å². The first kappa shape index (κ1) is 12.4. The first-order valence-corrected chi connectivity index (χ1v) is 7.37. The molecule has 0 aromatic heterocycles. The normalized spacial score (nSPS) is 40.4. The van der Waals surface area contributed by atoms with E-state index in [1.807, 2.05) is 0 Å². The number of amides is 1. The van der Waals surface area contributed by atoms with Crippen LogP contribution in [-0.4, -0.2) is 60.6 Å². The summed E-state index contributed by atoms with van der Waals surface area (Å²) in [7, 11) is 0. The molecule has 102 valence electrons. The number of ether oxygens (including phenoxy) is 1. The molecular weight excluding hydrogens is 228 g/mol. The Morgan fingerprint density at radius 1 is 1.17 bits per heavy atom. The van der Waals surface area contributed by atoms with Crippen molar-refractivity contribution >= 4 is 5.91 Å². The van der Waals surface area contributed by atoms with Gasteiger partial charge in [-0.15, -0.1) is 0 Å². The molecule has 3 fully saturated rings. The highest BCUT2D eigenvalue weighted by atomic mass is 16.5. The van der Waals surface area contributed by atoms with Crippen LogP contribution in [0.15, 0.2) is 0 Å². The lowest BCUT2D eigenvalue weighted by molar-refractivity contribution is -0.140. The zero-order chi connectivity index (χ0) is 12.7. The Morgan fingerprint density at radius 3 is 2.39 bits per heavy atom. The van der Waals surface area contributed by atoms with Crippen molar-refractivity contribution in [3.8, 4) is 0 Å². The third kappa shape index (κ3) is 1.95. The topological polar surface area (TPSA) is 32.8 Å². The SMILES string of the molecule is CCN1CCN(C(=O)C2C(C)[C@@H]3CC[C@H]2O3)CC1. The highest BCUT2D eigenvalue weighted by Crippen LogP contribution is 2.43. The number of likely N-dealkylation sites (N-methyl/N-ethyl adjacent to an activating group) is 1. The van der Waals surface area contributed by atoms with Crippen LogP contribution in [-0.2, 0) is 9.53 Å². The Balaban J connectivity index is 1.62. The average molecular weight is 252 g/mol. The van der Waals surface area contributed by atoms with Gasteiger partial charge in [-0.1, -0.05) is 13.8 Å². The van der Waals surface area contributed by atoms with Gasteiger partial charge in [0.2, 0.25) is 5.91 Å². The first-order valence-electron chi connectivity index (χ1n) is 7.37. The molecule has 3 aliphatic heterocycles. The standard InChI is InChI=1S/C14H24N2O2/c1-3-15-6-8-16(9-7-15)14(17)13-10(2)11-4-5-12(13)18-11/h10-13H,3-9H2,1-2H3/t10?,11-,12+,13?/m0/s1. The summed E-state index contributed by atoms with van der Waals surface area (Å²) in [5, 5.41) is 0. The van der Waals surface area contributed by atoms with Gasteiger partial charge in [0.15, 0.2) is 0 Å². The summed E-state index contributed by atoms with van der Waals surface area (Å²) in [6.07, 6.45) is 2.79. The molecular formula is C14H24N2O2. The number of rotatable bonds is 2. The molecule has 3 aliphatic rings. The van der Waals surface area contributed by atoms with Crippen LogP contribution >= 0.6 is 0 Å². The van der Waals surface area contributed by atoms with Crippen molar-refractivity contribution in [2.45, 2.75) is 38.9 Å². The maximum Gasteiger partial charge on any atom is 0.228 e. The van der Waals surface area contributed by atoms with E-state index >= 15 is 0 Å². The molecule has 4 nitrogen and oxygen atoms in total. The van der Waals surface area contributed by atoms with E-state index < -0.39 is 0 Å². The predicted molar refractivity (Wildman–Crippen MR) is 69.2 cm³/mol. The number of piperazine rings is 1. The van der Waals surface area contributed by atoms with Gasteiger partial charge in [0, 0.05) is 26.2 Å². The molecule has 0 aromatic carbocycles. The van der Waals surface area contributed by atoms with Crippen molar-refractivity contribution in [1.29, 1.82) is 0 Å². The number of carbonyl (C=O) groups excluding carboxylic acids is 1. The van der Waals surface area contributed by atoms with Crippen LogP contribution in [0.2, 0.25) is 0 Å². The third-order valence-electron chi connectivity index (χ3n) is 5.06. The zero-order valence-electron chi connectivity index (χ0n) is 11.5. The smallest absolute Gasteiger partial charge is 0.228 e. The number of hydrogen-bond acceptors (Lipinski definition) is 3. The molecule has 0 aromatic rings. The number of nitrogens with zero attached hydrogens (tertiary/aromatic N) is 2. The highest BCUT2D eigenvalue weighted by Gasteiger charge is 2.51. The largest absolute Gasteiger partial charge is 0.374 e. The van der Waals surface area contributed by atoms with Gasteiger partial charge < -0.3 is 14.5 Å². The summed E-state index contributed by atoms with van der Waals surface area (Å²) in [5.41, 5.74) is 0. The fourth-order valence-electron chi connectivity index (χ4n) is 3.79. The molecule has 4 atom stereocenters. The fraction of sp³-hybridized carbons (Fsp3) is 0.929. The van der Waals surface area contributed by atoms with Crippen LogP contribution in [0.25, 0.3) is 0 Å². The lowest BCUT2D eigenvalue weighted by Gasteiger charge is -2.37. The average Bonchev–Trinajstić information content (AvgIpc) is 2.99. The van der Waals surface area contributed by atoms with Crippen molar-refractivity contribution in [2.75, 3.05) is 32.7 Å². The molecule has 2 unspecified atom stereocenters. The minimum atomic E-state index is 0.136. The second-order valence-electron chi connectivity index (χ2n) is 5.93. The Labute approximate surface area is 109 Å². The molecule has 0 N–H and O–H groups in total. The molecule has 0 aliphatic carbocycles. The van der Waals surface area contributed by atoms with Crippen molar-refractivity contribution in [2.24, 2.45) is 11.8 Å². The van der Waals surface area contributed by atoms with Crippen LogP contribution in [0.5, 0.6) is 0 Å². The van der Waals surface area contributed by atoms with E-state index in [2.05, 4.69) is 23.6 Å². The van der Waals surface area contributed by atoms with Crippen LogP contribution in [0.1, 0.15) is 26.7 Å². The van der Waals surface area contributed by atoms with E-state index in [4.69, 9.17) is 4.74 Å². The quantitative estimate of drug-likeness (QED) is 0.734. The van der Waals surface area contributed by atoms with Crippen LogP contribution in [0.4, 0.5) is 0 Å². The summed E-state index contributed by atoms with van der Waals surface area (Å²) in [5.74, 6) is 0.905. The molecule has 3 heterocycles. The molecule has 0 spiro atoms. The van der Waals surface area contributed by atoms with Gasteiger partial charge in [0.05, 0.1) is 18.1 Å². The molecule has 3 saturated heterocycles. The van der Waals surface area contributed by atoms with Gasteiger partial charge in [0.25, 0.3) is 0 Å². The van der Waals surface area contributed by atoms with Gasteiger partial charge in [-0.3, -0.25) is 4.79 Å². The van der Waals surface area contributed by atoms with Gasteiger partial charge in [-0.05, 0) is 25.3 Å². The second kappa shape index (κ2) is 4.82. The summed E-state index contributed by atoms with van der Waals surface area (Å²) < 4.78 is 5.89. The maximum atomic E-state index is 12.6. The summed E-state index contributed by atoms with van der Waals surface area (Å²) in [4.78, 5) is 17.1. The minimum Gasteiger partial charge on any atom is -0.374 e. The highest BCUT2D eigenvalue weighted by molar-refractivity contribution is 5.80. The number of hydrogen-bond donors (Lipinski definition) is 0. The molecule has 3 rings (SSSR count). The summed E-state index contributed by atoms with van der Waals surface area (Å²) in [6, 6.07) is 0. The molecule has 2 bridgehead atoms. The van der Waals surface area contributed by atoms with Crippen LogP contribution < -0.4 is 0 Å². The first-order chi connectivity index (χ1) is 8.70. The van der Waals surface area contributed by atoms with Crippen LogP contribution in [0.3, 0.4) is 0 Å². The Bertz CT molecular complexity index is 324. The van der Waals surface area contributed by atoms with Gasteiger partial charge in [-0.25, -0.2) is 0 Å². The molecule has 18 heavy (non-hydrogen) atoms. The van der Waals surface area contributed by atoms with Gasteiger partial charge in [0.1, 0.15) is 0 Å². The van der Waals surface area contributed by atoms with Crippen molar-refractivity contribution in [1.82, 2.24) is 9.80 Å². The van der Waals surface area contributed by atoms with Crippen molar-refractivity contribution < 1.29 is 9.53 Å². The maximum absolute atomic E-state index is 12.6. The fourth-order valence-corrected chi connectivity index (χ4v) is 3.79. The minimum absolute atomic E-state index is 0.136. The predicted octanol–water partition coefficient (Wildman–Crippen LogP) is 0.964. The van der Waals surface area contributed by atoms with Crippen molar-refractivity contribution in [3.05, 3.63) is 0 Å². The third-order valence-corrected chi connectivity index (χ3v) is 5.06. The Hall–Kier alpha value is -0.610. The molecule has 0 saturated carbocycles. The molecule has 4 heteroatoms. The van der Waals surface area contributed by atoms with E-state index in [1.54, 1.807) is 0 Å². The molecule has 0 radical (unpaired) electrons. The van der Waals surface area contributed by atoms with Gasteiger partial charge >= 0.3 is 0 Å². The van der Waals surface area contributed by atoms with E-state index in [9.17, 15) is 4.79 Å². The Morgan fingerprint density at radius 2 is 1.83 bits per heavy atom.